The molecule has 0 aliphatic carbocycles. The third kappa shape index (κ3) is 5.71. The zero-order valence-electron chi connectivity index (χ0n) is 15.3. The van der Waals surface area contributed by atoms with Crippen molar-refractivity contribution in [2.45, 2.75) is 18.4 Å². The lowest BCUT2D eigenvalue weighted by atomic mass is 10.1. The smallest absolute Gasteiger partial charge is 0.387 e. The molecule has 0 saturated heterocycles. The van der Waals surface area contributed by atoms with Crippen molar-refractivity contribution in [2.75, 3.05) is 19.4 Å². The second-order valence-electron chi connectivity index (χ2n) is 5.84. The Bertz CT molecular complexity index is 994. The number of hydrogen-bond acceptors (Lipinski definition) is 5. The number of anilines is 1. The van der Waals surface area contributed by atoms with Gasteiger partial charge >= 0.3 is 6.61 Å². The monoisotopic (exact) mass is 412 g/mol. The van der Waals surface area contributed by atoms with Gasteiger partial charge in [-0.2, -0.15) is 17.2 Å². The number of aromatic nitrogens is 1. The molecule has 150 valence electrons. The standard InChI is InChI=1S/C17H18F2N4O4S/c1-11(24)22-13-4-5-15(12-6-14(9-20-8-12)27-17(18)19)16(7-13)28(25,26)21-10-23(2)3/h4-10,17H,1-3H3,(H,22,24). The molecule has 2 rings (SSSR count). The van der Waals surface area contributed by atoms with Crippen molar-refractivity contribution in [1.29, 1.82) is 0 Å². The summed E-state index contributed by atoms with van der Waals surface area (Å²) in [6, 6.07) is 5.37. The van der Waals surface area contributed by atoms with Crippen LogP contribution >= 0.6 is 0 Å². The van der Waals surface area contributed by atoms with E-state index in [1.165, 1.54) is 42.3 Å². The minimum Gasteiger partial charge on any atom is -0.433 e. The second-order valence-corrected chi connectivity index (χ2v) is 7.44. The van der Waals surface area contributed by atoms with Crippen molar-refractivity contribution in [1.82, 2.24) is 9.88 Å². The van der Waals surface area contributed by atoms with E-state index in [2.05, 4.69) is 19.4 Å². The highest BCUT2D eigenvalue weighted by atomic mass is 32.2. The van der Waals surface area contributed by atoms with Crippen LogP contribution < -0.4 is 10.1 Å². The lowest BCUT2D eigenvalue weighted by Crippen LogP contribution is -2.11. The van der Waals surface area contributed by atoms with Crippen molar-refractivity contribution in [3.63, 3.8) is 0 Å². The predicted octanol–water partition coefficient (Wildman–Crippen LogP) is 2.59. The highest BCUT2D eigenvalue weighted by Crippen LogP contribution is 2.32. The molecule has 1 aromatic heterocycles. The van der Waals surface area contributed by atoms with Crippen LogP contribution in [0.3, 0.4) is 0 Å². The number of sulfonamides is 1. The molecule has 11 heteroatoms. The zero-order valence-corrected chi connectivity index (χ0v) is 16.1. The summed E-state index contributed by atoms with van der Waals surface area (Å²) in [6.45, 7) is -1.77. The maximum atomic E-state index is 12.7. The number of halogens is 2. The molecular weight excluding hydrogens is 394 g/mol. The molecule has 0 spiro atoms. The molecule has 0 radical (unpaired) electrons. The molecular formula is C17H18F2N4O4S. The first-order valence-corrected chi connectivity index (χ1v) is 9.31. The van der Waals surface area contributed by atoms with Crippen LogP contribution in [0.2, 0.25) is 0 Å². The topological polar surface area (TPSA) is 101 Å². The van der Waals surface area contributed by atoms with Gasteiger partial charge in [0.1, 0.15) is 12.1 Å². The third-order valence-corrected chi connectivity index (χ3v) is 4.51. The third-order valence-electron chi connectivity index (χ3n) is 3.25. The summed E-state index contributed by atoms with van der Waals surface area (Å²) in [4.78, 5) is 16.3. The van der Waals surface area contributed by atoms with E-state index in [9.17, 15) is 22.0 Å². The fourth-order valence-corrected chi connectivity index (χ4v) is 3.37. The van der Waals surface area contributed by atoms with Gasteiger partial charge < -0.3 is 15.0 Å². The summed E-state index contributed by atoms with van der Waals surface area (Å²) >= 11 is 0. The number of rotatable bonds is 7. The van der Waals surface area contributed by atoms with Crippen LogP contribution in [0, 0.1) is 0 Å². The van der Waals surface area contributed by atoms with Crippen LogP contribution in [0.5, 0.6) is 5.75 Å². The Kier molecular flexibility index (Phi) is 6.62. The van der Waals surface area contributed by atoms with Gasteiger partial charge in [-0.1, -0.05) is 6.07 Å². The van der Waals surface area contributed by atoms with Gasteiger partial charge in [0.2, 0.25) is 5.91 Å². The zero-order chi connectivity index (χ0) is 20.9. The Morgan fingerprint density at radius 3 is 2.61 bits per heavy atom. The summed E-state index contributed by atoms with van der Waals surface area (Å²) in [5.41, 5.74) is 0.631. The maximum Gasteiger partial charge on any atom is 0.387 e. The number of hydrogen-bond donors (Lipinski definition) is 1. The van der Waals surface area contributed by atoms with E-state index in [-0.39, 0.29) is 33.4 Å². The van der Waals surface area contributed by atoms with Crippen LogP contribution in [0.4, 0.5) is 14.5 Å². The number of pyridine rings is 1. The van der Waals surface area contributed by atoms with Crippen molar-refractivity contribution >= 4 is 28.0 Å². The highest BCUT2D eigenvalue weighted by Gasteiger charge is 2.20. The Hall–Kier alpha value is -3.08. The molecule has 1 N–H and O–H groups in total. The van der Waals surface area contributed by atoms with Crippen LogP contribution in [0.15, 0.2) is 46.0 Å². The molecule has 8 nitrogen and oxygen atoms in total. The molecule has 0 atom stereocenters. The van der Waals surface area contributed by atoms with Gasteiger partial charge in [0.25, 0.3) is 10.0 Å². The van der Waals surface area contributed by atoms with Gasteiger partial charge in [-0.25, -0.2) is 0 Å². The van der Waals surface area contributed by atoms with Crippen LogP contribution in [0.25, 0.3) is 11.1 Å². The maximum absolute atomic E-state index is 12.7. The number of alkyl halides is 2. The summed E-state index contributed by atoms with van der Waals surface area (Å²) in [6.07, 6.45) is 3.50. The molecule has 1 aromatic carbocycles. The molecule has 1 heterocycles. The lowest BCUT2D eigenvalue weighted by molar-refractivity contribution is -0.114. The Morgan fingerprint density at radius 2 is 2.00 bits per heavy atom. The fourth-order valence-electron chi connectivity index (χ4n) is 2.20. The second kappa shape index (κ2) is 8.74. The van der Waals surface area contributed by atoms with E-state index in [4.69, 9.17) is 0 Å². The molecule has 2 aromatic rings. The van der Waals surface area contributed by atoms with Gasteiger partial charge in [-0.3, -0.25) is 9.78 Å². The average Bonchev–Trinajstić information content (AvgIpc) is 2.59. The molecule has 1 amide bonds. The normalized spacial score (nSPS) is 11.6. The largest absolute Gasteiger partial charge is 0.433 e. The van der Waals surface area contributed by atoms with E-state index in [1.54, 1.807) is 14.1 Å². The number of carbonyl (C=O) groups excluding carboxylic acids is 1. The first-order chi connectivity index (χ1) is 13.1. The van der Waals surface area contributed by atoms with E-state index >= 15 is 0 Å². The highest BCUT2D eigenvalue weighted by molar-refractivity contribution is 7.90. The quantitative estimate of drug-likeness (QED) is 0.554. The van der Waals surface area contributed by atoms with Gasteiger partial charge in [-0.15, -0.1) is 4.40 Å². The van der Waals surface area contributed by atoms with Crippen LogP contribution in [-0.4, -0.2) is 51.3 Å². The SMILES string of the molecule is CC(=O)Nc1ccc(-c2cncc(OC(F)F)c2)c(S(=O)(=O)N=CN(C)C)c1. The van der Waals surface area contributed by atoms with Crippen molar-refractivity contribution in [2.24, 2.45) is 4.40 Å². The molecule has 0 unspecified atom stereocenters. The predicted molar refractivity (Wildman–Crippen MR) is 100.0 cm³/mol. The molecule has 0 aliphatic rings. The molecule has 0 fully saturated rings. The average molecular weight is 412 g/mol. The molecule has 28 heavy (non-hydrogen) atoms. The first-order valence-electron chi connectivity index (χ1n) is 7.87. The van der Waals surface area contributed by atoms with Crippen molar-refractivity contribution < 1.29 is 26.7 Å². The Balaban J connectivity index is 2.62. The van der Waals surface area contributed by atoms with E-state index in [0.717, 1.165) is 12.5 Å². The number of nitrogens with one attached hydrogen (secondary N) is 1. The molecule has 0 saturated carbocycles. The van der Waals surface area contributed by atoms with E-state index in [1.807, 2.05) is 0 Å². The number of amides is 1. The summed E-state index contributed by atoms with van der Waals surface area (Å²) in [5, 5.41) is 2.49. The summed E-state index contributed by atoms with van der Waals surface area (Å²) in [7, 11) is -0.969. The van der Waals surface area contributed by atoms with Gasteiger partial charge in [0.05, 0.1) is 11.1 Å². The molecule has 0 aliphatic heterocycles. The minimum absolute atomic E-state index is 0.164. The summed E-state index contributed by atoms with van der Waals surface area (Å²) in [5.74, 6) is -0.611. The van der Waals surface area contributed by atoms with E-state index < -0.39 is 16.6 Å². The van der Waals surface area contributed by atoms with Gasteiger partial charge in [-0.05, 0) is 18.2 Å². The van der Waals surface area contributed by atoms with Gasteiger partial charge in [0.15, 0.2) is 0 Å². The van der Waals surface area contributed by atoms with Gasteiger partial charge in [0, 0.05) is 44.0 Å². The fraction of sp³-hybridized carbons (Fsp3) is 0.235. The molecule has 0 bridgehead atoms. The minimum atomic E-state index is -4.17. The Labute approximate surface area is 160 Å². The first kappa shape index (κ1) is 21.2. The lowest BCUT2D eigenvalue weighted by Gasteiger charge is -2.12. The summed E-state index contributed by atoms with van der Waals surface area (Å²) < 4.78 is 58.3. The number of carbonyl (C=O) groups is 1. The van der Waals surface area contributed by atoms with Crippen molar-refractivity contribution in [3.05, 3.63) is 36.7 Å². The van der Waals surface area contributed by atoms with E-state index in [0.29, 0.717) is 0 Å². The number of ether oxygens (including phenoxy) is 1. The Morgan fingerprint density at radius 1 is 1.29 bits per heavy atom. The van der Waals surface area contributed by atoms with Crippen LogP contribution in [-0.2, 0) is 14.8 Å². The number of nitrogens with zero attached hydrogens (tertiary/aromatic N) is 3. The number of benzene rings is 1. The van der Waals surface area contributed by atoms with Crippen LogP contribution in [0.1, 0.15) is 6.92 Å². The van der Waals surface area contributed by atoms with Crippen molar-refractivity contribution in [3.8, 4) is 16.9 Å².